The largest absolute Gasteiger partial charge is 0.459 e. The Labute approximate surface area is 113 Å². The zero-order valence-electron chi connectivity index (χ0n) is 11.0. The van der Waals surface area contributed by atoms with E-state index in [0.717, 1.165) is 23.6 Å². The zero-order chi connectivity index (χ0) is 13.1. The summed E-state index contributed by atoms with van der Waals surface area (Å²) >= 11 is 0. The van der Waals surface area contributed by atoms with Gasteiger partial charge in [0.15, 0.2) is 0 Å². The van der Waals surface area contributed by atoms with Crippen LogP contribution in [-0.4, -0.2) is 12.1 Å². The van der Waals surface area contributed by atoms with Gasteiger partial charge in [-0.1, -0.05) is 36.8 Å². The Bertz CT molecular complexity index is 583. The summed E-state index contributed by atoms with van der Waals surface area (Å²) < 4.78 is 5.59. The van der Waals surface area contributed by atoms with Gasteiger partial charge in [-0.05, 0) is 48.6 Å². The average Bonchev–Trinajstić information content (AvgIpc) is 2.48. The van der Waals surface area contributed by atoms with Crippen molar-refractivity contribution < 1.29 is 9.53 Å². The summed E-state index contributed by atoms with van der Waals surface area (Å²) in [6.07, 6.45) is 5.77. The van der Waals surface area contributed by atoms with Crippen molar-refractivity contribution in [2.45, 2.75) is 38.2 Å². The van der Waals surface area contributed by atoms with Crippen molar-refractivity contribution in [2.75, 3.05) is 0 Å². The summed E-state index contributed by atoms with van der Waals surface area (Å²) in [4.78, 5) is 12.1. The maximum atomic E-state index is 12.1. The molecule has 0 aliphatic heterocycles. The molecule has 98 valence electrons. The van der Waals surface area contributed by atoms with E-state index < -0.39 is 0 Å². The van der Waals surface area contributed by atoms with E-state index in [1.165, 1.54) is 19.3 Å². The molecule has 0 spiro atoms. The first-order valence-electron chi connectivity index (χ1n) is 7.03. The van der Waals surface area contributed by atoms with E-state index in [9.17, 15) is 4.79 Å². The number of carbonyl (C=O) groups is 1. The van der Waals surface area contributed by atoms with Crippen LogP contribution in [0, 0.1) is 0 Å². The minimum absolute atomic E-state index is 0.118. The molecule has 1 fully saturated rings. The molecule has 2 nitrogen and oxygen atoms in total. The van der Waals surface area contributed by atoms with Crippen LogP contribution >= 0.6 is 0 Å². The number of benzene rings is 2. The average molecular weight is 254 g/mol. The van der Waals surface area contributed by atoms with Gasteiger partial charge in [0.1, 0.15) is 6.10 Å². The van der Waals surface area contributed by atoms with E-state index in [1.807, 2.05) is 42.5 Å². The maximum absolute atomic E-state index is 12.1. The van der Waals surface area contributed by atoms with Crippen molar-refractivity contribution in [3.05, 3.63) is 48.0 Å². The maximum Gasteiger partial charge on any atom is 0.338 e. The quantitative estimate of drug-likeness (QED) is 0.746. The van der Waals surface area contributed by atoms with Gasteiger partial charge in [0, 0.05) is 0 Å². The summed E-state index contributed by atoms with van der Waals surface area (Å²) in [6.45, 7) is 0. The molecule has 19 heavy (non-hydrogen) atoms. The first kappa shape index (κ1) is 12.2. The second kappa shape index (κ2) is 5.43. The Hall–Kier alpha value is -1.83. The first-order chi connectivity index (χ1) is 9.33. The molecule has 0 N–H and O–H groups in total. The molecule has 0 aromatic heterocycles. The molecule has 0 unspecified atom stereocenters. The van der Waals surface area contributed by atoms with Crippen LogP contribution in [0.4, 0.5) is 0 Å². The fraction of sp³-hybridized carbons (Fsp3) is 0.353. The number of carbonyl (C=O) groups excluding carboxylic acids is 1. The standard InChI is InChI=1S/C17H18O2/c18-17(19-16-8-2-1-3-9-16)15-11-10-13-6-4-5-7-14(13)12-15/h4-7,10-12,16H,1-3,8-9H2. The van der Waals surface area contributed by atoms with E-state index in [1.54, 1.807) is 0 Å². The lowest BCUT2D eigenvalue weighted by atomic mass is 9.98. The summed E-state index contributed by atoms with van der Waals surface area (Å²) in [6, 6.07) is 13.8. The highest BCUT2D eigenvalue weighted by Crippen LogP contribution is 2.22. The summed E-state index contributed by atoms with van der Waals surface area (Å²) in [7, 11) is 0. The molecular formula is C17H18O2. The lowest BCUT2D eigenvalue weighted by molar-refractivity contribution is 0.0211. The van der Waals surface area contributed by atoms with E-state index >= 15 is 0 Å². The third-order valence-corrected chi connectivity index (χ3v) is 3.81. The predicted octanol–water partition coefficient (Wildman–Crippen LogP) is 4.33. The van der Waals surface area contributed by atoms with Crippen LogP contribution in [0.3, 0.4) is 0 Å². The number of rotatable bonds is 2. The molecule has 1 aliphatic carbocycles. The fourth-order valence-corrected chi connectivity index (χ4v) is 2.72. The predicted molar refractivity (Wildman–Crippen MR) is 76.2 cm³/mol. The molecule has 0 atom stereocenters. The van der Waals surface area contributed by atoms with E-state index in [4.69, 9.17) is 4.74 Å². The third kappa shape index (κ3) is 2.78. The third-order valence-electron chi connectivity index (χ3n) is 3.81. The Morgan fingerprint density at radius 3 is 2.47 bits per heavy atom. The number of hydrogen-bond donors (Lipinski definition) is 0. The molecule has 0 radical (unpaired) electrons. The van der Waals surface area contributed by atoms with Crippen molar-refractivity contribution in [3.63, 3.8) is 0 Å². The van der Waals surface area contributed by atoms with Crippen molar-refractivity contribution in [1.29, 1.82) is 0 Å². The van der Waals surface area contributed by atoms with Gasteiger partial charge in [0.2, 0.25) is 0 Å². The lowest BCUT2D eigenvalue weighted by Gasteiger charge is -2.21. The van der Waals surface area contributed by atoms with Crippen LogP contribution in [-0.2, 0) is 4.74 Å². The van der Waals surface area contributed by atoms with Crippen molar-refractivity contribution in [1.82, 2.24) is 0 Å². The number of hydrogen-bond acceptors (Lipinski definition) is 2. The Morgan fingerprint density at radius 2 is 1.68 bits per heavy atom. The van der Waals surface area contributed by atoms with E-state index in [0.29, 0.717) is 5.56 Å². The van der Waals surface area contributed by atoms with Crippen LogP contribution < -0.4 is 0 Å². The van der Waals surface area contributed by atoms with Crippen LogP contribution in [0.25, 0.3) is 10.8 Å². The van der Waals surface area contributed by atoms with E-state index in [-0.39, 0.29) is 12.1 Å². The Kier molecular flexibility index (Phi) is 3.49. The lowest BCUT2D eigenvalue weighted by Crippen LogP contribution is -2.20. The molecule has 0 bridgehead atoms. The Balaban J connectivity index is 1.77. The molecule has 0 heterocycles. The SMILES string of the molecule is O=C(OC1CCCCC1)c1ccc2ccccc2c1. The minimum atomic E-state index is -0.183. The van der Waals surface area contributed by atoms with Gasteiger partial charge in [-0.2, -0.15) is 0 Å². The highest BCUT2D eigenvalue weighted by Gasteiger charge is 2.18. The minimum Gasteiger partial charge on any atom is -0.459 e. The van der Waals surface area contributed by atoms with Crippen LogP contribution in [0.1, 0.15) is 42.5 Å². The van der Waals surface area contributed by atoms with Crippen molar-refractivity contribution in [3.8, 4) is 0 Å². The van der Waals surface area contributed by atoms with Gasteiger partial charge in [-0.15, -0.1) is 0 Å². The molecule has 1 saturated carbocycles. The molecule has 0 amide bonds. The fourth-order valence-electron chi connectivity index (χ4n) is 2.72. The molecule has 1 aliphatic rings. The zero-order valence-corrected chi connectivity index (χ0v) is 11.0. The summed E-state index contributed by atoms with van der Waals surface area (Å²) in [5, 5.41) is 2.23. The first-order valence-corrected chi connectivity index (χ1v) is 7.03. The second-order valence-electron chi connectivity index (χ2n) is 5.23. The van der Waals surface area contributed by atoms with Gasteiger partial charge in [-0.3, -0.25) is 0 Å². The summed E-state index contributed by atoms with van der Waals surface area (Å²) in [5.41, 5.74) is 0.657. The van der Waals surface area contributed by atoms with Gasteiger partial charge in [-0.25, -0.2) is 4.79 Å². The van der Waals surface area contributed by atoms with Crippen molar-refractivity contribution in [2.24, 2.45) is 0 Å². The molecule has 2 aromatic rings. The second-order valence-corrected chi connectivity index (χ2v) is 5.23. The molecule has 2 aromatic carbocycles. The molecule has 2 heteroatoms. The smallest absolute Gasteiger partial charge is 0.338 e. The highest BCUT2D eigenvalue weighted by molar-refractivity contribution is 5.95. The van der Waals surface area contributed by atoms with E-state index in [2.05, 4.69) is 0 Å². The number of ether oxygens (including phenoxy) is 1. The van der Waals surface area contributed by atoms with Gasteiger partial charge >= 0.3 is 5.97 Å². The monoisotopic (exact) mass is 254 g/mol. The Morgan fingerprint density at radius 1 is 0.947 bits per heavy atom. The molecular weight excluding hydrogens is 236 g/mol. The number of esters is 1. The van der Waals surface area contributed by atoms with Crippen LogP contribution in [0.15, 0.2) is 42.5 Å². The van der Waals surface area contributed by atoms with Crippen LogP contribution in [0.5, 0.6) is 0 Å². The topological polar surface area (TPSA) is 26.3 Å². The highest BCUT2D eigenvalue weighted by atomic mass is 16.5. The van der Waals surface area contributed by atoms with Crippen LogP contribution in [0.2, 0.25) is 0 Å². The summed E-state index contributed by atoms with van der Waals surface area (Å²) in [5.74, 6) is -0.183. The molecule has 3 rings (SSSR count). The van der Waals surface area contributed by atoms with Gasteiger partial charge < -0.3 is 4.74 Å². The normalized spacial score (nSPS) is 16.4. The number of fused-ring (bicyclic) bond motifs is 1. The molecule has 0 saturated heterocycles. The van der Waals surface area contributed by atoms with Gasteiger partial charge in [0.05, 0.1) is 5.56 Å². The van der Waals surface area contributed by atoms with Crippen molar-refractivity contribution >= 4 is 16.7 Å². The van der Waals surface area contributed by atoms with Gasteiger partial charge in [0.25, 0.3) is 0 Å².